The lowest BCUT2D eigenvalue weighted by atomic mass is 9.94. The van der Waals surface area contributed by atoms with Crippen molar-refractivity contribution in [3.63, 3.8) is 0 Å². The van der Waals surface area contributed by atoms with E-state index in [0.717, 1.165) is 0 Å². The smallest absolute Gasteiger partial charge is 0.217 e. The van der Waals surface area contributed by atoms with E-state index in [0.29, 0.717) is 0 Å². The first-order valence-electron chi connectivity index (χ1n) is 4.72. The van der Waals surface area contributed by atoms with Gasteiger partial charge in [-0.1, -0.05) is 0 Å². The lowest BCUT2D eigenvalue weighted by Gasteiger charge is -2.40. The van der Waals surface area contributed by atoms with Crippen molar-refractivity contribution in [1.82, 2.24) is 5.32 Å². The first kappa shape index (κ1) is 11.4. The van der Waals surface area contributed by atoms with Gasteiger partial charge in [-0.15, -0.1) is 0 Å². The molecule has 0 saturated carbocycles. The van der Waals surface area contributed by atoms with Crippen LogP contribution in [-0.2, 0) is 9.53 Å². The molecule has 1 amide bonds. The Labute approximate surface area is 83.1 Å². The Kier molecular flexibility index (Phi) is 3.47. The summed E-state index contributed by atoms with van der Waals surface area (Å²) >= 11 is 0. The van der Waals surface area contributed by atoms with Crippen LogP contribution in [-0.4, -0.2) is 46.6 Å². The average Bonchev–Trinajstić information content (AvgIpc) is 2.09. The second kappa shape index (κ2) is 4.25. The number of ether oxygens (including phenoxy) is 1. The minimum absolute atomic E-state index is 0.269. The van der Waals surface area contributed by atoms with Gasteiger partial charge < -0.3 is 20.3 Å². The summed E-state index contributed by atoms with van der Waals surface area (Å²) in [6.45, 7) is 4.77. The maximum absolute atomic E-state index is 10.8. The SMILES string of the molecule is CC(=O)NC1[C@@H](O)C(C)O[C@@H](C)[C@@H]1O. The molecule has 0 aliphatic carbocycles. The van der Waals surface area contributed by atoms with Crippen molar-refractivity contribution in [2.75, 3.05) is 0 Å². The highest BCUT2D eigenvalue weighted by Gasteiger charge is 2.40. The van der Waals surface area contributed by atoms with E-state index < -0.39 is 18.2 Å². The molecule has 0 aromatic rings. The molecule has 1 rings (SSSR count). The Morgan fingerprint density at radius 2 is 1.64 bits per heavy atom. The molecule has 1 fully saturated rings. The van der Waals surface area contributed by atoms with Gasteiger partial charge in [-0.25, -0.2) is 0 Å². The normalized spacial score (nSPS) is 43.4. The van der Waals surface area contributed by atoms with Gasteiger partial charge in [-0.2, -0.15) is 0 Å². The maximum atomic E-state index is 10.8. The standard InChI is InChI=1S/C9H17NO4/c1-4-8(12)7(10-6(3)11)9(13)5(2)14-4/h4-5,7-9,12-13H,1-3H3,(H,10,11)/t4-,5?,7?,8-,9-/m0/s1. The summed E-state index contributed by atoms with van der Waals surface area (Å²) < 4.78 is 5.27. The molecule has 0 bridgehead atoms. The molecular weight excluding hydrogens is 186 g/mol. The molecule has 0 spiro atoms. The van der Waals surface area contributed by atoms with Gasteiger partial charge in [0.2, 0.25) is 5.91 Å². The lowest BCUT2D eigenvalue weighted by molar-refractivity contribution is -0.174. The highest BCUT2D eigenvalue weighted by atomic mass is 16.5. The third-order valence-electron chi connectivity index (χ3n) is 2.50. The molecule has 1 saturated heterocycles. The molecule has 3 N–H and O–H groups in total. The summed E-state index contributed by atoms with van der Waals surface area (Å²) in [6.07, 6.45) is -2.51. The van der Waals surface area contributed by atoms with Crippen LogP contribution in [0.15, 0.2) is 0 Å². The predicted molar refractivity (Wildman–Crippen MR) is 49.6 cm³/mol. The number of hydrogen-bond donors (Lipinski definition) is 3. The van der Waals surface area contributed by atoms with E-state index in [4.69, 9.17) is 4.74 Å². The van der Waals surface area contributed by atoms with Crippen molar-refractivity contribution < 1.29 is 19.7 Å². The molecule has 1 aliphatic rings. The number of aliphatic hydroxyl groups is 2. The monoisotopic (exact) mass is 203 g/mol. The van der Waals surface area contributed by atoms with Crippen LogP contribution >= 0.6 is 0 Å². The van der Waals surface area contributed by atoms with Gasteiger partial charge in [0, 0.05) is 6.92 Å². The van der Waals surface area contributed by atoms with E-state index in [1.807, 2.05) is 0 Å². The van der Waals surface area contributed by atoms with Gasteiger partial charge in [0.05, 0.1) is 18.2 Å². The summed E-state index contributed by atoms with van der Waals surface area (Å²) in [5.74, 6) is -0.269. The second-order valence-electron chi connectivity index (χ2n) is 3.75. The van der Waals surface area contributed by atoms with Crippen LogP contribution in [0.4, 0.5) is 0 Å². The summed E-state index contributed by atoms with van der Waals surface area (Å²) in [6, 6.07) is -0.647. The van der Waals surface area contributed by atoms with Gasteiger partial charge in [0.15, 0.2) is 0 Å². The van der Waals surface area contributed by atoms with Crippen molar-refractivity contribution in [2.45, 2.75) is 51.2 Å². The Bertz CT molecular complexity index is 207. The van der Waals surface area contributed by atoms with Crippen LogP contribution in [0.1, 0.15) is 20.8 Å². The van der Waals surface area contributed by atoms with Gasteiger partial charge >= 0.3 is 0 Å². The molecule has 2 unspecified atom stereocenters. The zero-order chi connectivity index (χ0) is 10.9. The highest BCUT2D eigenvalue weighted by molar-refractivity contribution is 5.73. The topological polar surface area (TPSA) is 78.8 Å². The number of aliphatic hydroxyl groups excluding tert-OH is 2. The number of nitrogens with one attached hydrogen (secondary N) is 1. The number of carbonyl (C=O) groups is 1. The van der Waals surface area contributed by atoms with Crippen molar-refractivity contribution in [3.05, 3.63) is 0 Å². The molecule has 0 aromatic heterocycles. The van der Waals surface area contributed by atoms with Crippen LogP contribution < -0.4 is 5.32 Å². The molecule has 5 atom stereocenters. The van der Waals surface area contributed by atoms with Crippen LogP contribution in [0, 0.1) is 0 Å². The third-order valence-corrected chi connectivity index (χ3v) is 2.50. The molecule has 14 heavy (non-hydrogen) atoms. The first-order valence-corrected chi connectivity index (χ1v) is 4.72. The van der Waals surface area contributed by atoms with Crippen molar-refractivity contribution in [1.29, 1.82) is 0 Å². The summed E-state index contributed by atoms with van der Waals surface area (Å²) in [7, 11) is 0. The Morgan fingerprint density at radius 3 is 2.00 bits per heavy atom. The maximum Gasteiger partial charge on any atom is 0.217 e. The van der Waals surface area contributed by atoms with Gasteiger partial charge in [0.25, 0.3) is 0 Å². The fourth-order valence-corrected chi connectivity index (χ4v) is 1.69. The van der Waals surface area contributed by atoms with E-state index in [9.17, 15) is 15.0 Å². The number of carbonyl (C=O) groups excluding carboxylic acids is 1. The molecule has 5 nitrogen and oxygen atoms in total. The van der Waals surface area contributed by atoms with Crippen LogP contribution in [0.3, 0.4) is 0 Å². The van der Waals surface area contributed by atoms with E-state index in [2.05, 4.69) is 5.32 Å². The molecule has 0 radical (unpaired) electrons. The molecule has 1 aliphatic heterocycles. The van der Waals surface area contributed by atoms with E-state index in [1.54, 1.807) is 13.8 Å². The Morgan fingerprint density at radius 1 is 1.21 bits per heavy atom. The fraction of sp³-hybridized carbons (Fsp3) is 0.889. The number of amides is 1. The molecule has 1 heterocycles. The van der Waals surface area contributed by atoms with Crippen molar-refractivity contribution in [3.8, 4) is 0 Å². The lowest BCUT2D eigenvalue weighted by Crippen LogP contribution is -2.62. The van der Waals surface area contributed by atoms with E-state index in [-0.39, 0.29) is 18.1 Å². The minimum Gasteiger partial charge on any atom is -0.388 e. The second-order valence-corrected chi connectivity index (χ2v) is 3.75. The Balaban J connectivity index is 2.71. The van der Waals surface area contributed by atoms with Crippen molar-refractivity contribution >= 4 is 5.91 Å². The van der Waals surface area contributed by atoms with Gasteiger partial charge in [-0.3, -0.25) is 4.79 Å². The van der Waals surface area contributed by atoms with E-state index >= 15 is 0 Å². The quantitative estimate of drug-likeness (QED) is 0.512. The van der Waals surface area contributed by atoms with Gasteiger partial charge in [-0.05, 0) is 13.8 Å². The summed E-state index contributed by atoms with van der Waals surface area (Å²) in [5, 5.41) is 21.9. The zero-order valence-electron chi connectivity index (χ0n) is 8.60. The molecular formula is C9H17NO4. The van der Waals surface area contributed by atoms with E-state index in [1.165, 1.54) is 6.92 Å². The average molecular weight is 203 g/mol. The predicted octanol–water partition coefficient (Wildman–Crippen LogP) is -0.980. The van der Waals surface area contributed by atoms with Crippen LogP contribution in [0.2, 0.25) is 0 Å². The van der Waals surface area contributed by atoms with Crippen LogP contribution in [0.25, 0.3) is 0 Å². The molecule has 5 heteroatoms. The molecule has 82 valence electrons. The number of rotatable bonds is 1. The summed E-state index contributed by atoms with van der Waals surface area (Å²) in [4.78, 5) is 10.8. The van der Waals surface area contributed by atoms with Crippen molar-refractivity contribution in [2.24, 2.45) is 0 Å². The fourth-order valence-electron chi connectivity index (χ4n) is 1.69. The summed E-state index contributed by atoms with van der Waals surface area (Å²) in [5.41, 5.74) is 0. The zero-order valence-corrected chi connectivity index (χ0v) is 8.60. The largest absolute Gasteiger partial charge is 0.388 e. The minimum atomic E-state index is -0.870. The Hall–Kier alpha value is -0.650. The van der Waals surface area contributed by atoms with Crippen LogP contribution in [0.5, 0.6) is 0 Å². The molecule has 0 aromatic carbocycles. The first-order chi connectivity index (χ1) is 6.43. The third kappa shape index (κ3) is 2.23. The number of hydrogen-bond acceptors (Lipinski definition) is 4. The highest BCUT2D eigenvalue weighted by Crippen LogP contribution is 2.20. The van der Waals surface area contributed by atoms with Gasteiger partial charge in [0.1, 0.15) is 12.2 Å².